The molecule has 2 unspecified atom stereocenters. The van der Waals surface area contributed by atoms with Crippen LogP contribution in [0.4, 0.5) is 0 Å². The number of carbonyl (C=O) groups excluding carboxylic acids is 1. The quantitative estimate of drug-likeness (QED) is 0.748. The number of rotatable bonds is 4. The standard InChI is InChI=1S/C14H19IN2O2.ClH/c1-10-6-7-16-8-13(10)17-14(18)9-19-12-4-2-11(15)3-5-12;/h2-5,10,13,16H,6-9H2,1H3,(H,17,18);1H. The van der Waals surface area contributed by atoms with E-state index in [1.165, 1.54) is 0 Å². The van der Waals surface area contributed by atoms with Gasteiger partial charge in [-0.3, -0.25) is 4.79 Å². The number of halogens is 2. The van der Waals surface area contributed by atoms with E-state index in [-0.39, 0.29) is 31.0 Å². The molecule has 2 atom stereocenters. The van der Waals surface area contributed by atoms with E-state index < -0.39 is 0 Å². The zero-order valence-corrected chi connectivity index (χ0v) is 14.4. The summed E-state index contributed by atoms with van der Waals surface area (Å²) in [5.74, 6) is 1.19. The maximum absolute atomic E-state index is 11.8. The lowest BCUT2D eigenvalue weighted by molar-refractivity contribution is -0.124. The van der Waals surface area contributed by atoms with E-state index in [1.807, 2.05) is 24.3 Å². The summed E-state index contributed by atoms with van der Waals surface area (Å²) in [4.78, 5) is 11.8. The Bertz CT molecular complexity index is 428. The van der Waals surface area contributed by atoms with Gasteiger partial charge in [0.25, 0.3) is 5.91 Å². The van der Waals surface area contributed by atoms with E-state index >= 15 is 0 Å². The Balaban J connectivity index is 0.00000200. The van der Waals surface area contributed by atoms with Crippen LogP contribution in [0, 0.1) is 9.49 Å². The van der Waals surface area contributed by atoms with Gasteiger partial charge in [0.15, 0.2) is 6.61 Å². The van der Waals surface area contributed by atoms with E-state index in [2.05, 4.69) is 40.1 Å². The second kappa shape index (κ2) is 8.69. The minimum absolute atomic E-state index is 0. The van der Waals surface area contributed by atoms with Gasteiger partial charge in [-0.15, -0.1) is 12.4 Å². The highest BCUT2D eigenvalue weighted by Crippen LogP contribution is 2.14. The molecule has 1 saturated heterocycles. The lowest BCUT2D eigenvalue weighted by atomic mass is 9.95. The zero-order chi connectivity index (χ0) is 13.7. The number of hydrogen-bond donors (Lipinski definition) is 2. The fourth-order valence-electron chi connectivity index (χ4n) is 2.11. The molecule has 1 aliphatic heterocycles. The van der Waals surface area contributed by atoms with Gasteiger partial charge in [0.1, 0.15) is 5.75 Å². The summed E-state index contributed by atoms with van der Waals surface area (Å²) >= 11 is 2.24. The third-order valence-corrected chi connectivity index (χ3v) is 4.08. The summed E-state index contributed by atoms with van der Waals surface area (Å²) in [5, 5.41) is 6.32. The van der Waals surface area contributed by atoms with E-state index in [9.17, 15) is 4.79 Å². The van der Waals surface area contributed by atoms with Crippen molar-refractivity contribution in [3.8, 4) is 5.75 Å². The summed E-state index contributed by atoms with van der Waals surface area (Å²) < 4.78 is 6.61. The van der Waals surface area contributed by atoms with Gasteiger partial charge in [0, 0.05) is 16.2 Å². The molecule has 4 nitrogen and oxygen atoms in total. The largest absolute Gasteiger partial charge is 0.484 e. The highest BCUT2D eigenvalue weighted by molar-refractivity contribution is 14.1. The van der Waals surface area contributed by atoms with Crippen molar-refractivity contribution in [3.05, 3.63) is 27.8 Å². The first-order chi connectivity index (χ1) is 9.15. The SMILES string of the molecule is CC1CCNCC1NC(=O)COc1ccc(I)cc1.Cl. The maximum atomic E-state index is 11.8. The maximum Gasteiger partial charge on any atom is 0.258 e. The van der Waals surface area contributed by atoms with Crippen molar-refractivity contribution in [1.82, 2.24) is 10.6 Å². The lowest BCUT2D eigenvalue weighted by Gasteiger charge is -2.30. The van der Waals surface area contributed by atoms with E-state index in [0.717, 1.165) is 28.8 Å². The second-order valence-corrected chi connectivity index (χ2v) is 6.13. The summed E-state index contributed by atoms with van der Waals surface area (Å²) in [6.45, 7) is 4.12. The monoisotopic (exact) mass is 410 g/mol. The molecule has 2 rings (SSSR count). The molecule has 2 N–H and O–H groups in total. The van der Waals surface area contributed by atoms with Gasteiger partial charge in [-0.05, 0) is 65.7 Å². The molecule has 1 fully saturated rings. The minimum Gasteiger partial charge on any atom is -0.484 e. The fourth-order valence-corrected chi connectivity index (χ4v) is 2.47. The number of carbonyl (C=O) groups is 1. The van der Waals surface area contributed by atoms with Crippen LogP contribution in [0.3, 0.4) is 0 Å². The normalized spacial score (nSPS) is 21.7. The van der Waals surface area contributed by atoms with Gasteiger partial charge >= 0.3 is 0 Å². The molecule has 1 amide bonds. The van der Waals surface area contributed by atoms with Gasteiger partial charge in [0.05, 0.1) is 0 Å². The molecule has 20 heavy (non-hydrogen) atoms. The first-order valence-electron chi connectivity index (χ1n) is 6.53. The molecule has 0 bridgehead atoms. The summed E-state index contributed by atoms with van der Waals surface area (Å²) in [7, 11) is 0. The molecule has 1 aromatic rings. The Morgan fingerprint density at radius 2 is 2.15 bits per heavy atom. The molecule has 112 valence electrons. The topological polar surface area (TPSA) is 50.4 Å². The van der Waals surface area contributed by atoms with Crippen LogP contribution >= 0.6 is 35.0 Å². The van der Waals surface area contributed by atoms with Crippen LogP contribution in [0.25, 0.3) is 0 Å². The molecular formula is C14H20ClIN2O2. The van der Waals surface area contributed by atoms with Crippen LogP contribution in [0.15, 0.2) is 24.3 Å². The Morgan fingerprint density at radius 3 is 2.80 bits per heavy atom. The van der Waals surface area contributed by atoms with Crippen molar-refractivity contribution in [3.63, 3.8) is 0 Å². The molecule has 1 aromatic carbocycles. The Kier molecular flexibility index (Phi) is 7.61. The number of hydrogen-bond acceptors (Lipinski definition) is 3. The lowest BCUT2D eigenvalue weighted by Crippen LogP contribution is -2.51. The van der Waals surface area contributed by atoms with Gasteiger partial charge in [-0.1, -0.05) is 6.92 Å². The molecule has 0 radical (unpaired) electrons. The molecule has 1 heterocycles. The van der Waals surface area contributed by atoms with Gasteiger partial charge in [-0.25, -0.2) is 0 Å². The summed E-state index contributed by atoms with van der Waals surface area (Å²) in [6, 6.07) is 7.88. The van der Waals surface area contributed by atoms with Crippen molar-refractivity contribution in [2.24, 2.45) is 5.92 Å². The molecule has 6 heteroatoms. The second-order valence-electron chi connectivity index (χ2n) is 4.89. The molecule has 1 aliphatic rings. The summed E-state index contributed by atoms with van der Waals surface area (Å²) in [6.07, 6.45) is 1.10. The predicted molar refractivity (Wildman–Crippen MR) is 90.5 cm³/mol. The van der Waals surface area contributed by atoms with Crippen molar-refractivity contribution in [2.45, 2.75) is 19.4 Å². The Labute approximate surface area is 139 Å². The van der Waals surface area contributed by atoms with Crippen molar-refractivity contribution >= 4 is 40.9 Å². The van der Waals surface area contributed by atoms with Crippen molar-refractivity contribution < 1.29 is 9.53 Å². The Morgan fingerprint density at radius 1 is 1.45 bits per heavy atom. The highest BCUT2D eigenvalue weighted by Gasteiger charge is 2.22. The van der Waals surface area contributed by atoms with Gasteiger partial charge in [0.2, 0.25) is 0 Å². The number of amides is 1. The average molecular weight is 411 g/mol. The van der Waals surface area contributed by atoms with Crippen molar-refractivity contribution in [1.29, 1.82) is 0 Å². The zero-order valence-electron chi connectivity index (χ0n) is 11.4. The fraction of sp³-hybridized carbons (Fsp3) is 0.500. The molecule has 0 saturated carbocycles. The van der Waals surface area contributed by atoms with Crippen LogP contribution in [0.1, 0.15) is 13.3 Å². The van der Waals surface area contributed by atoms with Crippen LogP contribution in [0.5, 0.6) is 5.75 Å². The average Bonchev–Trinajstić information content (AvgIpc) is 2.41. The number of benzene rings is 1. The third-order valence-electron chi connectivity index (χ3n) is 3.36. The van der Waals surface area contributed by atoms with Crippen LogP contribution in [-0.2, 0) is 4.79 Å². The van der Waals surface area contributed by atoms with E-state index in [4.69, 9.17) is 4.74 Å². The van der Waals surface area contributed by atoms with E-state index in [1.54, 1.807) is 0 Å². The third kappa shape index (κ3) is 5.46. The molecule has 0 spiro atoms. The van der Waals surface area contributed by atoms with Crippen LogP contribution in [-0.4, -0.2) is 31.6 Å². The van der Waals surface area contributed by atoms with Gasteiger partial charge in [-0.2, -0.15) is 0 Å². The first kappa shape index (κ1) is 17.5. The van der Waals surface area contributed by atoms with E-state index in [0.29, 0.717) is 5.92 Å². The van der Waals surface area contributed by atoms with Crippen molar-refractivity contribution in [2.75, 3.05) is 19.7 Å². The smallest absolute Gasteiger partial charge is 0.258 e. The number of piperidine rings is 1. The predicted octanol–water partition coefficient (Wildman–Crippen LogP) is 2.21. The molecule has 0 aliphatic carbocycles. The number of nitrogens with one attached hydrogen (secondary N) is 2. The first-order valence-corrected chi connectivity index (χ1v) is 7.61. The molecular weight excluding hydrogens is 391 g/mol. The van der Waals surface area contributed by atoms with Crippen LogP contribution < -0.4 is 15.4 Å². The highest BCUT2D eigenvalue weighted by atomic mass is 127. The van der Waals surface area contributed by atoms with Crippen LogP contribution in [0.2, 0.25) is 0 Å². The number of ether oxygens (including phenoxy) is 1. The Hall–Kier alpha value is -0.530. The molecule has 0 aromatic heterocycles. The van der Waals surface area contributed by atoms with Gasteiger partial charge < -0.3 is 15.4 Å². The summed E-state index contributed by atoms with van der Waals surface area (Å²) in [5.41, 5.74) is 0. The minimum atomic E-state index is -0.0564.